The zero-order valence-corrected chi connectivity index (χ0v) is 17.4. The number of Topliss-reactive ketones (excluding diaryl/α,β-unsaturated/α-hetero) is 1. The van der Waals surface area contributed by atoms with Gasteiger partial charge in [0.15, 0.2) is 5.78 Å². The largest absolute Gasteiger partial charge is 0.300 e. The summed E-state index contributed by atoms with van der Waals surface area (Å²) < 4.78 is 0. The molecule has 0 aromatic heterocycles. The van der Waals surface area contributed by atoms with Crippen LogP contribution in [0.2, 0.25) is 0 Å². The second kappa shape index (κ2) is 6.36. The monoisotopic (exact) mass is 372 g/mol. The molecule has 0 aromatic carbocycles. The van der Waals surface area contributed by atoms with Crippen LogP contribution in [0, 0.1) is 34.5 Å². The van der Waals surface area contributed by atoms with Crippen LogP contribution in [0.15, 0.2) is 23.8 Å². The van der Waals surface area contributed by atoms with Crippen molar-refractivity contribution < 1.29 is 9.59 Å². The maximum absolute atomic E-state index is 12.6. The molecule has 0 radical (unpaired) electrons. The van der Waals surface area contributed by atoms with Crippen molar-refractivity contribution in [2.24, 2.45) is 34.5 Å². The molecule has 142 valence electrons. The molecular formula is C23H32O2S. The fourth-order valence-electron chi connectivity index (χ4n) is 7.09. The summed E-state index contributed by atoms with van der Waals surface area (Å²) in [4.78, 5) is 24.5. The van der Waals surface area contributed by atoms with Crippen molar-refractivity contribution in [3.8, 4) is 0 Å². The van der Waals surface area contributed by atoms with E-state index in [1.807, 2.05) is 24.8 Å². The predicted molar refractivity (Wildman–Crippen MR) is 108 cm³/mol. The number of thioether (sulfide) groups is 1. The Morgan fingerprint density at radius 1 is 1.27 bits per heavy atom. The zero-order valence-electron chi connectivity index (χ0n) is 16.6. The number of allylic oxidation sites excluding steroid dienone is 4. The Morgan fingerprint density at radius 3 is 2.73 bits per heavy atom. The Balaban J connectivity index is 1.72. The Kier molecular flexibility index (Phi) is 4.53. The maximum Gasteiger partial charge on any atom is 0.156 e. The third-order valence-electron chi connectivity index (χ3n) is 8.34. The number of fused-ring (bicyclic) bond motifs is 5. The summed E-state index contributed by atoms with van der Waals surface area (Å²) >= 11 is 2.00. The summed E-state index contributed by atoms with van der Waals surface area (Å²) in [5, 5.41) is 0.484. The molecule has 26 heavy (non-hydrogen) atoms. The topological polar surface area (TPSA) is 34.1 Å². The lowest BCUT2D eigenvalue weighted by Crippen LogP contribution is -2.49. The van der Waals surface area contributed by atoms with Crippen LogP contribution in [-0.2, 0) is 9.59 Å². The third-order valence-corrected chi connectivity index (χ3v) is 9.57. The summed E-state index contributed by atoms with van der Waals surface area (Å²) in [6, 6.07) is 0. The van der Waals surface area contributed by atoms with E-state index in [9.17, 15) is 9.59 Å². The van der Waals surface area contributed by atoms with Gasteiger partial charge in [-0.15, -0.1) is 0 Å². The highest BCUT2D eigenvalue weighted by atomic mass is 32.2. The van der Waals surface area contributed by atoms with Crippen LogP contribution in [0.3, 0.4) is 0 Å². The van der Waals surface area contributed by atoms with E-state index in [4.69, 9.17) is 0 Å². The number of carbonyl (C=O) groups is 2. The number of carbonyl (C=O) groups excluding carboxylic acids is 2. The highest BCUT2D eigenvalue weighted by molar-refractivity contribution is 7.99. The molecular weight excluding hydrogens is 340 g/mol. The molecule has 0 saturated heterocycles. The molecule has 2 saturated carbocycles. The number of hydrogen-bond donors (Lipinski definition) is 0. The molecule has 0 heterocycles. The second-order valence-corrected chi connectivity index (χ2v) is 11.0. The molecule has 4 aliphatic rings. The molecule has 2 nitrogen and oxygen atoms in total. The molecule has 0 amide bonds. The van der Waals surface area contributed by atoms with Crippen LogP contribution < -0.4 is 0 Å². The van der Waals surface area contributed by atoms with Crippen molar-refractivity contribution >= 4 is 23.3 Å². The summed E-state index contributed by atoms with van der Waals surface area (Å²) in [6.45, 7) is 8.83. The minimum atomic E-state index is 0.145. The average molecular weight is 373 g/mol. The van der Waals surface area contributed by atoms with E-state index in [2.05, 4.69) is 32.9 Å². The van der Waals surface area contributed by atoms with Crippen molar-refractivity contribution in [1.82, 2.24) is 0 Å². The van der Waals surface area contributed by atoms with Crippen LogP contribution in [0.4, 0.5) is 0 Å². The fourth-order valence-corrected chi connectivity index (χ4v) is 8.56. The molecule has 4 rings (SSSR count). The minimum absolute atomic E-state index is 0.145. The molecule has 0 unspecified atom stereocenters. The standard InChI is InChI=1S/C23H32O2S/c1-5-26-20-13-19-17-7-6-15-12-16(25)8-10-22(15,3)18(17)9-11-23(19,4)21(20)14(2)24/h6-7,12,17-21H,5,8-11,13H2,1-4H3/t17-,18-,19+,20-,21+,22-,23+/m1/s1. The number of rotatable bonds is 3. The van der Waals surface area contributed by atoms with Crippen molar-refractivity contribution in [2.45, 2.75) is 65.0 Å². The first-order chi connectivity index (χ1) is 12.3. The highest BCUT2D eigenvalue weighted by Crippen LogP contribution is 2.66. The fraction of sp³-hybridized carbons (Fsp3) is 0.739. The van der Waals surface area contributed by atoms with Crippen LogP contribution in [0.25, 0.3) is 0 Å². The first kappa shape index (κ1) is 18.5. The smallest absolute Gasteiger partial charge is 0.156 e. The van der Waals surface area contributed by atoms with Gasteiger partial charge in [0.05, 0.1) is 0 Å². The molecule has 3 heteroatoms. The van der Waals surface area contributed by atoms with E-state index < -0.39 is 0 Å². The van der Waals surface area contributed by atoms with Gasteiger partial charge >= 0.3 is 0 Å². The Bertz CT molecular complexity index is 692. The molecule has 7 atom stereocenters. The third kappa shape index (κ3) is 2.52. The van der Waals surface area contributed by atoms with Crippen molar-refractivity contribution in [3.63, 3.8) is 0 Å². The summed E-state index contributed by atoms with van der Waals surface area (Å²) in [5.74, 6) is 3.79. The first-order valence-electron chi connectivity index (χ1n) is 10.4. The predicted octanol–water partition coefficient (Wildman–Crippen LogP) is 5.23. The SMILES string of the molecule is CCS[C@@H]1C[C@H]2[C@@H]3C=CC4=CC(=O)CC[C@@]4(C)[C@@H]3CC[C@]2(C)[C@H]1C(C)=O. The van der Waals surface area contributed by atoms with E-state index in [1.54, 1.807) is 0 Å². The summed E-state index contributed by atoms with van der Waals surface area (Å²) in [5.41, 5.74) is 1.56. The summed E-state index contributed by atoms with van der Waals surface area (Å²) in [7, 11) is 0. The Morgan fingerprint density at radius 2 is 2.04 bits per heavy atom. The number of ketones is 2. The van der Waals surface area contributed by atoms with Gasteiger partial charge in [-0.3, -0.25) is 9.59 Å². The van der Waals surface area contributed by atoms with Gasteiger partial charge < -0.3 is 0 Å². The second-order valence-electron chi connectivity index (χ2n) is 9.50. The minimum Gasteiger partial charge on any atom is -0.300 e. The van der Waals surface area contributed by atoms with E-state index in [0.717, 1.165) is 18.6 Å². The van der Waals surface area contributed by atoms with Gasteiger partial charge in [0, 0.05) is 17.6 Å². The normalized spacial score (nSPS) is 47.0. The van der Waals surface area contributed by atoms with Crippen LogP contribution in [-0.4, -0.2) is 22.6 Å². The maximum atomic E-state index is 12.6. The summed E-state index contributed by atoms with van der Waals surface area (Å²) in [6.07, 6.45) is 11.8. The van der Waals surface area contributed by atoms with E-state index in [0.29, 0.717) is 35.2 Å². The highest BCUT2D eigenvalue weighted by Gasteiger charge is 2.61. The molecule has 4 aliphatic carbocycles. The van der Waals surface area contributed by atoms with E-state index >= 15 is 0 Å². The van der Waals surface area contributed by atoms with Crippen molar-refractivity contribution in [2.75, 3.05) is 5.75 Å². The molecule has 0 spiro atoms. The molecule has 0 aromatic rings. The van der Waals surface area contributed by atoms with Gasteiger partial charge in [-0.1, -0.05) is 32.9 Å². The van der Waals surface area contributed by atoms with Gasteiger partial charge in [-0.25, -0.2) is 0 Å². The lowest BCUT2D eigenvalue weighted by atomic mass is 9.48. The van der Waals surface area contributed by atoms with Crippen LogP contribution >= 0.6 is 11.8 Å². The zero-order chi connectivity index (χ0) is 18.7. The van der Waals surface area contributed by atoms with Gasteiger partial charge in [-0.05, 0) is 78.6 Å². The molecule has 0 N–H and O–H groups in total. The van der Waals surface area contributed by atoms with E-state index in [-0.39, 0.29) is 22.5 Å². The first-order valence-corrected chi connectivity index (χ1v) is 11.4. The molecule has 2 fully saturated rings. The Labute approximate surface area is 162 Å². The molecule has 0 aliphatic heterocycles. The number of hydrogen-bond acceptors (Lipinski definition) is 3. The van der Waals surface area contributed by atoms with Crippen molar-refractivity contribution in [3.05, 3.63) is 23.8 Å². The van der Waals surface area contributed by atoms with Gasteiger partial charge in [-0.2, -0.15) is 11.8 Å². The van der Waals surface area contributed by atoms with Gasteiger partial charge in [0.2, 0.25) is 0 Å². The lowest BCUT2D eigenvalue weighted by Gasteiger charge is -2.55. The van der Waals surface area contributed by atoms with E-state index in [1.165, 1.54) is 18.4 Å². The van der Waals surface area contributed by atoms with Gasteiger partial charge in [0.25, 0.3) is 0 Å². The van der Waals surface area contributed by atoms with Crippen LogP contribution in [0.5, 0.6) is 0 Å². The van der Waals surface area contributed by atoms with Crippen molar-refractivity contribution in [1.29, 1.82) is 0 Å². The van der Waals surface area contributed by atoms with Crippen LogP contribution in [0.1, 0.15) is 59.8 Å². The molecule has 0 bridgehead atoms. The Hall–Kier alpha value is -0.830. The quantitative estimate of drug-likeness (QED) is 0.680. The average Bonchev–Trinajstić information content (AvgIpc) is 2.88. The lowest BCUT2D eigenvalue weighted by molar-refractivity contribution is -0.126. The van der Waals surface area contributed by atoms with Gasteiger partial charge in [0.1, 0.15) is 5.78 Å².